The summed E-state index contributed by atoms with van der Waals surface area (Å²) < 4.78 is 11.2. The van der Waals surface area contributed by atoms with Crippen molar-refractivity contribution in [3.05, 3.63) is 56.2 Å². The Morgan fingerprint density at radius 1 is 1.40 bits per heavy atom. The van der Waals surface area contributed by atoms with Crippen molar-refractivity contribution in [3.8, 4) is 0 Å². The number of hydrogen-bond donors (Lipinski definition) is 1. The molecule has 1 N–H and O–H groups in total. The Morgan fingerprint density at radius 2 is 2.20 bits per heavy atom. The first kappa shape index (κ1) is 14.5. The van der Waals surface area contributed by atoms with Crippen LogP contribution < -0.4 is 5.32 Å². The van der Waals surface area contributed by atoms with Gasteiger partial charge in [0.2, 0.25) is 0 Å². The lowest BCUT2D eigenvalue weighted by atomic mass is 10.2. The van der Waals surface area contributed by atoms with E-state index in [1.54, 1.807) is 13.2 Å². The number of nitrogens with zero attached hydrogens (tertiary/aromatic N) is 1. The van der Waals surface area contributed by atoms with E-state index < -0.39 is 4.92 Å². The molecule has 6 nitrogen and oxygen atoms in total. The molecule has 0 unspecified atom stereocenters. The summed E-state index contributed by atoms with van der Waals surface area (Å²) in [4.78, 5) is 9.98. The van der Waals surface area contributed by atoms with Gasteiger partial charge in [-0.3, -0.25) is 10.1 Å². The van der Waals surface area contributed by atoms with Crippen LogP contribution in [0.25, 0.3) is 0 Å². The fourth-order valence-corrected chi connectivity index (χ4v) is 2.24. The molecule has 0 aliphatic heterocycles. The molecule has 0 radical (unpaired) electrons. The molecule has 0 fully saturated rings. The van der Waals surface area contributed by atoms with Crippen LogP contribution >= 0.6 is 15.9 Å². The molecule has 1 heterocycles. The van der Waals surface area contributed by atoms with E-state index in [9.17, 15) is 10.1 Å². The third kappa shape index (κ3) is 3.37. The van der Waals surface area contributed by atoms with Gasteiger partial charge >= 0.3 is 5.88 Å². The standard InChI is InChI=1S/C13H13BrN2O4/c1-19-8-10-11(14)3-2-4-12(10)15-7-9-5-6-13(20-9)16(17)18/h2-6,15H,7-8H2,1H3. The maximum Gasteiger partial charge on any atom is 0.433 e. The van der Waals surface area contributed by atoms with E-state index in [4.69, 9.17) is 9.15 Å². The lowest BCUT2D eigenvalue weighted by molar-refractivity contribution is -0.402. The van der Waals surface area contributed by atoms with Crippen LogP contribution in [0.15, 0.2) is 39.2 Å². The van der Waals surface area contributed by atoms with Gasteiger partial charge in [0.1, 0.15) is 10.7 Å². The lowest BCUT2D eigenvalue weighted by Crippen LogP contribution is -2.03. The van der Waals surface area contributed by atoms with Crippen LogP contribution in [-0.2, 0) is 17.9 Å². The largest absolute Gasteiger partial charge is 0.433 e. The number of benzene rings is 1. The Balaban J connectivity index is 2.10. The SMILES string of the molecule is COCc1c(Br)cccc1NCc1ccc([N+](=O)[O-])o1. The van der Waals surface area contributed by atoms with Crippen molar-refractivity contribution in [2.75, 3.05) is 12.4 Å². The van der Waals surface area contributed by atoms with Crippen molar-refractivity contribution in [2.45, 2.75) is 13.2 Å². The van der Waals surface area contributed by atoms with Crippen molar-refractivity contribution >= 4 is 27.5 Å². The van der Waals surface area contributed by atoms with E-state index in [2.05, 4.69) is 21.2 Å². The second kappa shape index (κ2) is 6.53. The van der Waals surface area contributed by atoms with Crippen LogP contribution in [0.2, 0.25) is 0 Å². The number of ether oxygens (including phenoxy) is 1. The van der Waals surface area contributed by atoms with E-state index in [1.165, 1.54) is 6.07 Å². The Labute approximate surface area is 124 Å². The van der Waals surface area contributed by atoms with E-state index in [0.29, 0.717) is 18.9 Å². The zero-order valence-electron chi connectivity index (χ0n) is 10.8. The topological polar surface area (TPSA) is 77.5 Å². The highest BCUT2D eigenvalue weighted by molar-refractivity contribution is 9.10. The Hall–Kier alpha value is -1.86. The molecule has 1 aromatic carbocycles. The van der Waals surface area contributed by atoms with Crippen molar-refractivity contribution in [1.29, 1.82) is 0 Å². The first-order valence-electron chi connectivity index (χ1n) is 5.85. The average molecular weight is 341 g/mol. The van der Waals surface area contributed by atoms with Gasteiger partial charge in [-0.15, -0.1) is 0 Å². The summed E-state index contributed by atoms with van der Waals surface area (Å²) >= 11 is 3.46. The van der Waals surface area contributed by atoms with Gasteiger partial charge in [0.15, 0.2) is 0 Å². The molecule has 7 heteroatoms. The van der Waals surface area contributed by atoms with Crippen molar-refractivity contribution < 1.29 is 14.1 Å². The monoisotopic (exact) mass is 340 g/mol. The summed E-state index contributed by atoms with van der Waals surface area (Å²) in [5.74, 6) is 0.244. The zero-order valence-corrected chi connectivity index (χ0v) is 12.3. The van der Waals surface area contributed by atoms with Crippen molar-refractivity contribution in [1.82, 2.24) is 0 Å². The smallest absolute Gasteiger partial charge is 0.404 e. The number of anilines is 1. The van der Waals surface area contributed by atoms with E-state index in [-0.39, 0.29) is 5.88 Å². The highest BCUT2D eigenvalue weighted by Gasteiger charge is 2.12. The number of halogens is 1. The summed E-state index contributed by atoms with van der Waals surface area (Å²) in [5, 5.41) is 13.7. The number of rotatable bonds is 6. The molecule has 0 bridgehead atoms. The van der Waals surface area contributed by atoms with Gasteiger partial charge in [0.05, 0.1) is 19.2 Å². The lowest BCUT2D eigenvalue weighted by Gasteiger charge is -2.12. The van der Waals surface area contributed by atoms with Crippen LogP contribution in [0.3, 0.4) is 0 Å². The van der Waals surface area contributed by atoms with E-state index in [0.717, 1.165) is 15.7 Å². The van der Waals surface area contributed by atoms with E-state index >= 15 is 0 Å². The van der Waals surface area contributed by atoms with E-state index in [1.807, 2.05) is 18.2 Å². The predicted octanol–water partition coefficient (Wildman–Crippen LogP) is 3.71. The maximum absolute atomic E-state index is 10.5. The summed E-state index contributed by atoms with van der Waals surface area (Å²) in [6.07, 6.45) is 0. The van der Waals surface area contributed by atoms with Crippen molar-refractivity contribution in [2.24, 2.45) is 0 Å². The van der Waals surface area contributed by atoms with Gasteiger partial charge in [-0.25, -0.2) is 0 Å². The number of furan rings is 1. The summed E-state index contributed by atoms with van der Waals surface area (Å²) in [6, 6.07) is 8.66. The van der Waals surface area contributed by atoms with Crippen LogP contribution in [0.5, 0.6) is 0 Å². The second-order valence-corrected chi connectivity index (χ2v) is 4.90. The zero-order chi connectivity index (χ0) is 14.5. The molecule has 0 aliphatic carbocycles. The highest BCUT2D eigenvalue weighted by atomic mass is 79.9. The number of methoxy groups -OCH3 is 1. The van der Waals surface area contributed by atoms with Gasteiger partial charge in [-0.05, 0) is 18.2 Å². The molecular weight excluding hydrogens is 328 g/mol. The third-order valence-electron chi connectivity index (χ3n) is 2.69. The minimum atomic E-state index is -0.557. The molecule has 0 spiro atoms. The van der Waals surface area contributed by atoms with Crippen molar-refractivity contribution in [3.63, 3.8) is 0 Å². The average Bonchev–Trinajstić information content (AvgIpc) is 2.89. The molecule has 2 aromatic rings. The fraction of sp³-hybridized carbons (Fsp3) is 0.231. The maximum atomic E-state index is 10.5. The molecule has 1 aromatic heterocycles. The molecule has 0 saturated carbocycles. The summed E-state index contributed by atoms with van der Waals surface area (Å²) in [6.45, 7) is 0.822. The normalized spacial score (nSPS) is 10.5. The molecule has 0 atom stereocenters. The molecule has 0 aliphatic rings. The predicted molar refractivity (Wildman–Crippen MR) is 77.5 cm³/mol. The molecule has 20 heavy (non-hydrogen) atoms. The second-order valence-electron chi connectivity index (χ2n) is 4.05. The Morgan fingerprint density at radius 3 is 2.85 bits per heavy atom. The van der Waals surface area contributed by atoms with Gasteiger partial charge in [-0.1, -0.05) is 22.0 Å². The number of hydrogen-bond acceptors (Lipinski definition) is 5. The number of nitrogens with one attached hydrogen (secondary N) is 1. The third-order valence-corrected chi connectivity index (χ3v) is 3.43. The van der Waals surface area contributed by atoms with Gasteiger partial charge in [-0.2, -0.15) is 0 Å². The first-order valence-corrected chi connectivity index (χ1v) is 6.64. The first-order chi connectivity index (χ1) is 9.61. The molecule has 2 rings (SSSR count). The quantitative estimate of drug-likeness (QED) is 0.640. The van der Waals surface area contributed by atoms with Gasteiger partial charge in [0, 0.05) is 22.8 Å². The number of nitro groups is 1. The minimum absolute atomic E-state index is 0.256. The summed E-state index contributed by atoms with van der Waals surface area (Å²) in [5.41, 5.74) is 1.87. The van der Waals surface area contributed by atoms with Crippen LogP contribution in [0.1, 0.15) is 11.3 Å². The minimum Gasteiger partial charge on any atom is -0.404 e. The molecule has 0 amide bonds. The van der Waals surface area contributed by atoms with Crippen LogP contribution in [0.4, 0.5) is 11.6 Å². The van der Waals surface area contributed by atoms with Crippen LogP contribution in [0, 0.1) is 10.1 Å². The summed E-state index contributed by atoms with van der Waals surface area (Å²) in [7, 11) is 1.62. The molecular formula is C13H13BrN2O4. The highest BCUT2D eigenvalue weighted by Crippen LogP contribution is 2.26. The van der Waals surface area contributed by atoms with Gasteiger partial charge < -0.3 is 14.5 Å². The van der Waals surface area contributed by atoms with Crippen LogP contribution in [-0.4, -0.2) is 12.0 Å². The molecule has 0 saturated heterocycles. The Kier molecular flexibility index (Phi) is 4.75. The fourth-order valence-electron chi connectivity index (χ4n) is 1.76. The molecule has 106 valence electrons. The Bertz CT molecular complexity index is 612. The van der Waals surface area contributed by atoms with Gasteiger partial charge in [0.25, 0.3) is 0 Å².